The van der Waals surface area contributed by atoms with Crippen molar-refractivity contribution in [1.29, 1.82) is 0 Å². The minimum Gasteiger partial charge on any atom is -0.496 e. The first-order valence-electron chi connectivity index (χ1n) is 12.8. The lowest BCUT2D eigenvalue weighted by Crippen LogP contribution is -2.51. The second-order valence-electron chi connectivity index (χ2n) is 9.87. The van der Waals surface area contributed by atoms with Crippen molar-refractivity contribution in [2.45, 2.75) is 32.4 Å². The standard InChI is InChI=1S/C29H24Cl2FN5O4/c1-5-41-23-12-22(40-4)19(13-33-23)26-35-24-25(36(26)14(2)3)29(20-7-6-15(30)10-21(20)34-28(29)39)37(27(24)38)18-9-16(31)8-17(32)11-18/h6-14H,5H2,1-4H3,(H,34,39). The highest BCUT2D eigenvalue weighted by Crippen LogP contribution is 2.55. The summed E-state index contributed by atoms with van der Waals surface area (Å²) in [6.45, 7) is 6.09. The molecule has 0 radical (unpaired) electrons. The number of amides is 2. The zero-order valence-corrected chi connectivity index (χ0v) is 24.0. The molecule has 2 amide bonds. The number of hydrogen-bond donors (Lipinski definition) is 1. The molecule has 6 rings (SSSR count). The van der Waals surface area contributed by atoms with Gasteiger partial charge in [-0.1, -0.05) is 29.3 Å². The first-order valence-corrected chi connectivity index (χ1v) is 13.6. The molecular weight excluding hydrogens is 572 g/mol. The van der Waals surface area contributed by atoms with Crippen LogP contribution in [0.15, 0.2) is 48.7 Å². The molecule has 1 N–H and O–H groups in total. The lowest BCUT2D eigenvalue weighted by Gasteiger charge is -2.35. The van der Waals surface area contributed by atoms with Gasteiger partial charge in [0.2, 0.25) is 5.88 Å². The highest BCUT2D eigenvalue weighted by Gasteiger charge is 2.64. The van der Waals surface area contributed by atoms with Crippen LogP contribution in [0.25, 0.3) is 11.4 Å². The molecule has 1 unspecified atom stereocenters. The van der Waals surface area contributed by atoms with Gasteiger partial charge >= 0.3 is 0 Å². The van der Waals surface area contributed by atoms with Crippen molar-refractivity contribution in [1.82, 2.24) is 14.5 Å². The van der Waals surface area contributed by atoms with Crippen molar-refractivity contribution in [2.24, 2.45) is 0 Å². The number of carbonyl (C=O) groups excluding carboxylic acids is 2. The Bertz CT molecular complexity index is 1740. The van der Waals surface area contributed by atoms with Crippen LogP contribution >= 0.6 is 23.2 Å². The number of pyridine rings is 1. The van der Waals surface area contributed by atoms with Crippen LogP contribution in [-0.4, -0.2) is 40.1 Å². The number of nitrogens with one attached hydrogen (secondary N) is 1. The largest absolute Gasteiger partial charge is 0.496 e. The number of methoxy groups -OCH3 is 1. The Labute approximate surface area is 244 Å². The molecule has 12 heteroatoms. The Hall–Kier alpha value is -4.15. The molecule has 2 aromatic carbocycles. The summed E-state index contributed by atoms with van der Waals surface area (Å²) >= 11 is 12.5. The maximum Gasteiger partial charge on any atom is 0.280 e. The molecule has 210 valence electrons. The third kappa shape index (κ3) is 3.88. The van der Waals surface area contributed by atoms with Crippen molar-refractivity contribution in [3.63, 3.8) is 0 Å². The molecule has 0 saturated heterocycles. The van der Waals surface area contributed by atoms with Crippen molar-refractivity contribution in [3.8, 4) is 23.0 Å². The van der Waals surface area contributed by atoms with E-state index in [0.29, 0.717) is 51.6 Å². The monoisotopic (exact) mass is 595 g/mol. The number of benzene rings is 2. The Kier molecular flexibility index (Phi) is 6.43. The van der Waals surface area contributed by atoms with E-state index >= 15 is 0 Å². The molecule has 1 atom stereocenters. The van der Waals surface area contributed by atoms with Gasteiger partial charge in [-0.15, -0.1) is 0 Å². The van der Waals surface area contributed by atoms with Gasteiger partial charge < -0.3 is 19.4 Å². The number of halogens is 3. The van der Waals surface area contributed by atoms with Gasteiger partial charge in [0.1, 0.15) is 17.4 Å². The molecule has 41 heavy (non-hydrogen) atoms. The lowest BCUT2D eigenvalue weighted by atomic mass is 9.87. The van der Waals surface area contributed by atoms with Crippen molar-refractivity contribution in [2.75, 3.05) is 23.9 Å². The summed E-state index contributed by atoms with van der Waals surface area (Å²) in [4.78, 5) is 39.0. The summed E-state index contributed by atoms with van der Waals surface area (Å²) in [5.41, 5.74) is 0.0966. The first kappa shape index (κ1) is 27.0. The quantitative estimate of drug-likeness (QED) is 0.283. The predicted octanol–water partition coefficient (Wildman–Crippen LogP) is 6.24. The van der Waals surface area contributed by atoms with Crippen molar-refractivity contribution in [3.05, 3.63) is 81.5 Å². The van der Waals surface area contributed by atoms with Crippen LogP contribution < -0.4 is 19.7 Å². The van der Waals surface area contributed by atoms with Crippen LogP contribution in [0.2, 0.25) is 10.0 Å². The molecule has 4 aromatic rings. The summed E-state index contributed by atoms with van der Waals surface area (Å²) in [5, 5.41) is 3.35. The number of imidazole rings is 1. The van der Waals surface area contributed by atoms with E-state index < -0.39 is 23.2 Å². The Morgan fingerprint density at radius 2 is 1.88 bits per heavy atom. The van der Waals surface area contributed by atoms with Gasteiger partial charge in [-0.25, -0.2) is 14.4 Å². The molecule has 0 saturated carbocycles. The van der Waals surface area contributed by atoms with Crippen LogP contribution in [0.4, 0.5) is 15.8 Å². The van der Waals surface area contributed by atoms with Gasteiger partial charge in [-0.2, -0.15) is 0 Å². The van der Waals surface area contributed by atoms with Gasteiger partial charge in [0.05, 0.1) is 30.7 Å². The highest BCUT2D eigenvalue weighted by molar-refractivity contribution is 6.32. The van der Waals surface area contributed by atoms with Crippen LogP contribution in [0.3, 0.4) is 0 Å². The van der Waals surface area contributed by atoms with E-state index in [4.69, 9.17) is 37.7 Å². The Morgan fingerprint density at radius 3 is 2.56 bits per heavy atom. The summed E-state index contributed by atoms with van der Waals surface area (Å²) in [6.07, 6.45) is 1.56. The molecule has 2 aliphatic rings. The van der Waals surface area contributed by atoms with Gasteiger partial charge in [-0.05, 0) is 51.1 Å². The fraction of sp³-hybridized carbons (Fsp3) is 0.241. The van der Waals surface area contributed by atoms with Gasteiger partial charge in [0, 0.05) is 39.6 Å². The number of aromatic nitrogens is 3. The smallest absolute Gasteiger partial charge is 0.280 e. The van der Waals surface area contributed by atoms with E-state index in [9.17, 15) is 14.0 Å². The topological polar surface area (TPSA) is 98.6 Å². The van der Waals surface area contributed by atoms with Crippen LogP contribution in [-0.2, 0) is 10.3 Å². The van der Waals surface area contributed by atoms with E-state index in [1.807, 2.05) is 25.3 Å². The average Bonchev–Trinajstić information content (AvgIpc) is 3.52. The van der Waals surface area contributed by atoms with Gasteiger partial charge in [-0.3, -0.25) is 14.5 Å². The SMILES string of the molecule is CCOc1cc(OC)c(-c2nc3c(n2C(C)C)C2(C(=O)Nc4cc(Cl)ccc42)N(c2cc(F)cc(Cl)c2)C3=O)cn1. The number of nitrogens with zero attached hydrogens (tertiary/aromatic N) is 4. The normalized spacial score (nSPS) is 17.3. The summed E-state index contributed by atoms with van der Waals surface area (Å²) in [6, 6.07) is 10.0. The zero-order chi connectivity index (χ0) is 29.2. The molecule has 0 fully saturated rings. The second kappa shape index (κ2) is 9.74. The minimum absolute atomic E-state index is 0.0305. The van der Waals surface area contributed by atoms with Gasteiger partial charge in [0.15, 0.2) is 11.2 Å². The number of ether oxygens (including phenoxy) is 2. The maximum atomic E-state index is 14.7. The van der Waals surface area contributed by atoms with E-state index in [1.165, 1.54) is 24.1 Å². The summed E-state index contributed by atoms with van der Waals surface area (Å²) in [7, 11) is 1.51. The van der Waals surface area contributed by atoms with Crippen molar-refractivity contribution >= 4 is 46.4 Å². The van der Waals surface area contributed by atoms with Gasteiger partial charge in [0.25, 0.3) is 11.8 Å². The molecule has 0 bridgehead atoms. The van der Waals surface area contributed by atoms with Crippen LogP contribution in [0.5, 0.6) is 11.6 Å². The first-order chi connectivity index (χ1) is 19.6. The minimum atomic E-state index is -1.75. The van der Waals surface area contributed by atoms with Crippen LogP contribution in [0, 0.1) is 5.82 Å². The fourth-order valence-electron chi connectivity index (χ4n) is 5.67. The number of hydrogen-bond acceptors (Lipinski definition) is 6. The highest BCUT2D eigenvalue weighted by atomic mass is 35.5. The summed E-state index contributed by atoms with van der Waals surface area (Å²) in [5.74, 6) is -0.617. The fourth-order valence-corrected chi connectivity index (χ4v) is 6.06. The van der Waals surface area contributed by atoms with E-state index in [0.717, 1.165) is 6.07 Å². The Morgan fingerprint density at radius 1 is 1.10 bits per heavy atom. The van der Waals surface area contributed by atoms with E-state index in [2.05, 4.69) is 10.3 Å². The average molecular weight is 596 g/mol. The molecular formula is C29H24Cl2FN5O4. The predicted molar refractivity (Wildman–Crippen MR) is 153 cm³/mol. The number of rotatable bonds is 6. The summed E-state index contributed by atoms with van der Waals surface area (Å²) < 4.78 is 27.7. The van der Waals surface area contributed by atoms with Crippen molar-refractivity contribution < 1.29 is 23.5 Å². The molecule has 2 aliphatic heterocycles. The molecule has 4 heterocycles. The molecule has 2 aromatic heterocycles. The second-order valence-corrected chi connectivity index (χ2v) is 10.7. The number of anilines is 2. The number of fused-ring (bicyclic) bond motifs is 4. The number of carbonyl (C=O) groups is 2. The molecule has 1 spiro atoms. The van der Waals surface area contributed by atoms with E-state index in [-0.39, 0.29) is 22.4 Å². The Balaban J connectivity index is 1.69. The zero-order valence-electron chi connectivity index (χ0n) is 22.5. The third-order valence-electron chi connectivity index (χ3n) is 7.16. The third-order valence-corrected chi connectivity index (χ3v) is 7.61. The van der Waals surface area contributed by atoms with Crippen LogP contribution in [0.1, 0.15) is 48.6 Å². The van der Waals surface area contributed by atoms with E-state index in [1.54, 1.807) is 30.5 Å². The molecule has 0 aliphatic carbocycles. The lowest BCUT2D eigenvalue weighted by molar-refractivity contribution is -0.119. The molecule has 9 nitrogen and oxygen atoms in total. The maximum absolute atomic E-state index is 14.7.